The molecular formula is C19H16BrNO4. The summed E-state index contributed by atoms with van der Waals surface area (Å²) in [6.45, 7) is 0. The Hall–Kier alpha value is -2.78. The van der Waals surface area contributed by atoms with Gasteiger partial charge in [0.25, 0.3) is 0 Å². The van der Waals surface area contributed by atoms with Crippen LogP contribution in [0.25, 0.3) is 6.08 Å². The van der Waals surface area contributed by atoms with Gasteiger partial charge in [0.05, 0.1) is 21.3 Å². The molecule has 2 aromatic carbocycles. The zero-order chi connectivity index (χ0) is 18.4. The van der Waals surface area contributed by atoms with E-state index in [0.29, 0.717) is 32.8 Å². The minimum atomic E-state index is -0.386. The minimum Gasteiger partial charge on any atom is -0.497 e. The number of hydrogen-bond donors (Lipinski definition) is 0. The Morgan fingerprint density at radius 1 is 1.08 bits per heavy atom. The largest absolute Gasteiger partial charge is 0.497 e. The molecule has 25 heavy (non-hydrogen) atoms. The number of halogens is 1. The summed E-state index contributed by atoms with van der Waals surface area (Å²) in [5.74, 6) is 1.21. The van der Waals surface area contributed by atoms with Gasteiger partial charge in [-0.3, -0.25) is 4.79 Å². The second-order valence-corrected chi connectivity index (χ2v) is 5.81. The second-order valence-electron chi connectivity index (χ2n) is 4.96. The van der Waals surface area contributed by atoms with Crippen LogP contribution in [-0.2, 0) is 0 Å². The third-order valence-electron chi connectivity index (χ3n) is 3.50. The van der Waals surface area contributed by atoms with Crippen molar-refractivity contribution in [2.75, 3.05) is 21.3 Å². The van der Waals surface area contributed by atoms with E-state index in [0.717, 1.165) is 0 Å². The van der Waals surface area contributed by atoms with Crippen LogP contribution >= 0.6 is 15.9 Å². The average molecular weight is 402 g/mol. The summed E-state index contributed by atoms with van der Waals surface area (Å²) in [7, 11) is 4.57. The van der Waals surface area contributed by atoms with E-state index in [9.17, 15) is 10.1 Å². The molecule has 0 spiro atoms. The molecule has 128 valence electrons. The number of nitrogens with zero attached hydrogens (tertiary/aromatic N) is 1. The first-order valence-corrected chi connectivity index (χ1v) is 8.05. The van der Waals surface area contributed by atoms with Crippen LogP contribution in [0.3, 0.4) is 0 Å². The van der Waals surface area contributed by atoms with Gasteiger partial charge in [-0.15, -0.1) is 0 Å². The molecule has 0 aliphatic rings. The SMILES string of the molecule is COc1cccc(C(=O)/C(C#N)=C\c2cc(OC)c(OC)cc2Br)c1. The third-order valence-corrected chi connectivity index (χ3v) is 4.19. The lowest BCUT2D eigenvalue weighted by Gasteiger charge is -2.10. The number of nitriles is 1. The molecule has 0 aliphatic heterocycles. The summed E-state index contributed by atoms with van der Waals surface area (Å²) in [5, 5.41) is 9.42. The van der Waals surface area contributed by atoms with E-state index in [-0.39, 0.29) is 11.4 Å². The van der Waals surface area contributed by atoms with Gasteiger partial charge < -0.3 is 14.2 Å². The predicted molar refractivity (Wildman–Crippen MR) is 98.2 cm³/mol. The maximum absolute atomic E-state index is 12.6. The van der Waals surface area contributed by atoms with Crippen LogP contribution in [0, 0.1) is 11.3 Å². The Bertz CT molecular complexity index is 868. The number of hydrogen-bond acceptors (Lipinski definition) is 5. The molecule has 2 rings (SSSR count). The average Bonchev–Trinajstić information content (AvgIpc) is 2.66. The Morgan fingerprint density at radius 2 is 1.76 bits per heavy atom. The summed E-state index contributed by atoms with van der Waals surface area (Å²) in [6.07, 6.45) is 1.51. The maximum atomic E-state index is 12.6. The van der Waals surface area contributed by atoms with Gasteiger partial charge in [-0.2, -0.15) is 5.26 Å². The molecule has 0 saturated carbocycles. The van der Waals surface area contributed by atoms with Crippen molar-refractivity contribution in [3.63, 3.8) is 0 Å². The summed E-state index contributed by atoms with van der Waals surface area (Å²) >= 11 is 3.42. The molecule has 0 bridgehead atoms. The highest BCUT2D eigenvalue weighted by molar-refractivity contribution is 9.10. The molecule has 0 saturated heterocycles. The fourth-order valence-corrected chi connectivity index (χ4v) is 2.64. The van der Waals surface area contributed by atoms with E-state index in [1.54, 1.807) is 36.4 Å². The number of methoxy groups -OCH3 is 3. The summed E-state index contributed by atoms with van der Waals surface area (Å²) < 4.78 is 16.3. The molecular weight excluding hydrogens is 386 g/mol. The van der Waals surface area contributed by atoms with Crippen LogP contribution in [0.2, 0.25) is 0 Å². The molecule has 2 aromatic rings. The summed E-state index contributed by atoms with van der Waals surface area (Å²) in [6, 6.07) is 12.0. The number of benzene rings is 2. The highest BCUT2D eigenvalue weighted by Gasteiger charge is 2.15. The molecule has 0 unspecified atom stereocenters. The van der Waals surface area contributed by atoms with Crippen molar-refractivity contribution in [3.05, 3.63) is 57.6 Å². The zero-order valence-electron chi connectivity index (χ0n) is 14.0. The normalized spacial score (nSPS) is 10.8. The smallest absolute Gasteiger partial charge is 0.203 e. The van der Waals surface area contributed by atoms with Gasteiger partial charge in [0.2, 0.25) is 5.78 Å². The van der Waals surface area contributed by atoms with Crippen molar-refractivity contribution < 1.29 is 19.0 Å². The molecule has 6 heteroatoms. The number of ether oxygens (including phenoxy) is 3. The van der Waals surface area contributed by atoms with Gasteiger partial charge in [0.1, 0.15) is 17.4 Å². The molecule has 0 atom stereocenters. The highest BCUT2D eigenvalue weighted by atomic mass is 79.9. The Labute approximate surface area is 154 Å². The van der Waals surface area contributed by atoms with Crippen molar-refractivity contribution >= 4 is 27.8 Å². The van der Waals surface area contributed by atoms with E-state index in [1.165, 1.54) is 27.4 Å². The van der Waals surface area contributed by atoms with E-state index >= 15 is 0 Å². The lowest BCUT2D eigenvalue weighted by Crippen LogP contribution is -2.02. The van der Waals surface area contributed by atoms with Crippen LogP contribution in [0.15, 0.2) is 46.4 Å². The Kier molecular flexibility index (Phi) is 6.20. The first-order valence-electron chi connectivity index (χ1n) is 7.26. The number of allylic oxidation sites excluding steroid dienone is 1. The van der Waals surface area contributed by atoms with Crippen molar-refractivity contribution in [3.8, 4) is 23.3 Å². The highest BCUT2D eigenvalue weighted by Crippen LogP contribution is 2.34. The molecule has 0 aromatic heterocycles. The number of Topliss-reactive ketones (excluding diaryl/α,β-unsaturated/α-hetero) is 1. The van der Waals surface area contributed by atoms with Gasteiger partial charge in [-0.05, 0) is 35.9 Å². The molecule has 0 heterocycles. The minimum absolute atomic E-state index is 0.00109. The second kappa shape index (κ2) is 8.36. The van der Waals surface area contributed by atoms with Crippen molar-refractivity contribution in [2.45, 2.75) is 0 Å². The number of carbonyl (C=O) groups is 1. The van der Waals surface area contributed by atoms with E-state index in [2.05, 4.69) is 15.9 Å². The van der Waals surface area contributed by atoms with Gasteiger partial charge in [-0.25, -0.2) is 0 Å². The van der Waals surface area contributed by atoms with E-state index in [1.807, 2.05) is 6.07 Å². The summed E-state index contributed by atoms with van der Waals surface area (Å²) in [4.78, 5) is 12.6. The van der Waals surface area contributed by atoms with Gasteiger partial charge in [0, 0.05) is 10.0 Å². The van der Waals surface area contributed by atoms with Gasteiger partial charge in [0.15, 0.2) is 11.5 Å². The molecule has 0 amide bonds. The summed E-state index contributed by atoms with van der Waals surface area (Å²) in [5.41, 5.74) is 1.01. The molecule has 0 N–H and O–H groups in total. The van der Waals surface area contributed by atoms with Crippen LogP contribution in [0.4, 0.5) is 0 Å². The van der Waals surface area contributed by atoms with Crippen LogP contribution in [0.5, 0.6) is 17.2 Å². The lowest BCUT2D eigenvalue weighted by molar-refractivity contribution is 0.103. The molecule has 0 aliphatic carbocycles. The maximum Gasteiger partial charge on any atom is 0.203 e. The van der Waals surface area contributed by atoms with Gasteiger partial charge in [-0.1, -0.05) is 28.1 Å². The standard InChI is InChI=1S/C19H16BrNO4/c1-23-15-6-4-5-12(8-15)19(22)14(11-21)7-13-9-17(24-2)18(25-3)10-16(13)20/h4-10H,1-3H3/b14-7-. The van der Waals surface area contributed by atoms with Gasteiger partial charge >= 0.3 is 0 Å². The first kappa shape index (κ1) is 18.6. The lowest BCUT2D eigenvalue weighted by atomic mass is 10.0. The Balaban J connectivity index is 2.46. The topological polar surface area (TPSA) is 68.6 Å². The fraction of sp³-hybridized carbons (Fsp3) is 0.158. The van der Waals surface area contributed by atoms with Crippen LogP contribution in [-0.4, -0.2) is 27.1 Å². The molecule has 0 fully saturated rings. The van der Waals surface area contributed by atoms with E-state index in [4.69, 9.17) is 14.2 Å². The number of ketones is 1. The number of rotatable bonds is 6. The monoisotopic (exact) mass is 401 g/mol. The van der Waals surface area contributed by atoms with Crippen molar-refractivity contribution in [2.24, 2.45) is 0 Å². The quantitative estimate of drug-likeness (QED) is 0.410. The van der Waals surface area contributed by atoms with E-state index < -0.39 is 0 Å². The van der Waals surface area contributed by atoms with Crippen molar-refractivity contribution in [1.82, 2.24) is 0 Å². The predicted octanol–water partition coefficient (Wildman–Crippen LogP) is 4.26. The molecule has 5 nitrogen and oxygen atoms in total. The fourth-order valence-electron chi connectivity index (χ4n) is 2.20. The van der Waals surface area contributed by atoms with Crippen LogP contribution in [0.1, 0.15) is 15.9 Å². The zero-order valence-corrected chi connectivity index (χ0v) is 15.6. The van der Waals surface area contributed by atoms with Crippen molar-refractivity contribution in [1.29, 1.82) is 5.26 Å². The molecule has 0 radical (unpaired) electrons. The number of carbonyl (C=O) groups excluding carboxylic acids is 1. The Morgan fingerprint density at radius 3 is 2.36 bits per heavy atom. The first-order chi connectivity index (χ1) is 12.0. The third kappa shape index (κ3) is 4.20. The van der Waals surface area contributed by atoms with Crippen LogP contribution < -0.4 is 14.2 Å².